The van der Waals surface area contributed by atoms with Crippen LogP contribution in [0.2, 0.25) is 0 Å². The lowest BCUT2D eigenvalue weighted by Crippen LogP contribution is -2.31. The topological polar surface area (TPSA) is 55.1 Å². The molecule has 2 saturated carbocycles. The molecule has 4 rings (SSSR count). The molecule has 1 aromatic carbocycles. The first kappa shape index (κ1) is 13.1. The molecule has 3 nitrogen and oxygen atoms in total. The van der Waals surface area contributed by atoms with E-state index in [2.05, 4.69) is 5.32 Å². The van der Waals surface area contributed by atoms with E-state index in [0.717, 1.165) is 17.2 Å². The molecular weight excluding hydrogens is 287 g/mol. The second-order valence-corrected chi connectivity index (χ2v) is 7.36. The van der Waals surface area contributed by atoms with Gasteiger partial charge in [-0.2, -0.15) is 0 Å². The minimum Gasteiger partial charge on any atom is -0.397 e. The maximum absolute atomic E-state index is 13.3. The van der Waals surface area contributed by atoms with Crippen LogP contribution in [0.25, 0.3) is 10.1 Å². The normalized spacial score (nSPS) is 19.7. The molecule has 0 unspecified atom stereocenters. The zero-order valence-electron chi connectivity index (χ0n) is 11.6. The Morgan fingerprint density at radius 3 is 2.86 bits per heavy atom. The van der Waals surface area contributed by atoms with Crippen molar-refractivity contribution in [2.45, 2.75) is 25.7 Å². The van der Waals surface area contributed by atoms with Crippen LogP contribution in [0.5, 0.6) is 0 Å². The lowest BCUT2D eigenvalue weighted by Gasteiger charge is -2.14. The SMILES string of the molecule is Nc1c(C(=O)NCC2(C3CC3)CC2)sc2ccc(F)cc12. The summed E-state index contributed by atoms with van der Waals surface area (Å²) < 4.78 is 14.1. The number of thiophene rings is 1. The Morgan fingerprint density at radius 2 is 2.19 bits per heavy atom. The number of nitrogen functional groups attached to an aromatic ring is 1. The van der Waals surface area contributed by atoms with E-state index in [1.54, 1.807) is 6.07 Å². The minimum atomic E-state index is -0.329. The van der Waals surface area contributed by atoms with Crippen molar-refractivity contribution in [3.8, 4) is 0 Å². The number of carbonyl (C=O) groups is 1. The van der Waals surface area contributed by atoms with Crippen LogP contribution < -0.4 is 11.1 Å². The molecule has 2 aliphatic carbocycles. The van der Waals surface area contributed by atoms with E-state index < -0.39 is 0 Å². The summed E-state index contributed by atoms with van der Waals surface area (Å²) in [5.41, 5.74) is 6.78. The van der Waals surface area contributed by atoms with Crippen LogP contribution in [-0.4, -0.2) is 12.5 Å². The summed E-state index contributed by atoms with van der Waals surface area (Å²) in [5, 5.41) is 3.67. The molecule has 1 aromatic heterocycles. The highest BCUT2D eigenvalue weighted by molar-refractivity contribution is 7.21. The number of amides is 1. The molecule has 2 aromatic rings. The van der Waals surface area contributed by atoms with E-state index in [4.69, 9.17) is 5.73 Å². The average molecular weight is 304 g/mol. The van der Waals surface area contributed by atoms with Gasteiger partial charge in [0.25, 0.3) is 5.91 Å². The number of nitrogens with two attached hydrogens (primary N) is 1. The van der Waals surface area contributed by atoms with Gasteiger partial charge in [0.05, 0.1) is 5.69 Å². The Bertz CT molecular complexity index is 731. The molecule has 5 heteroatoms. The van der Waals surface area contributed by atoms with Crippen LogP contribution in [0.3, 0.4) is 0 Å². The Hall–Kier alpha value is -1.62. The summed E-state index contributed by atoms with van der Waals surface area (Å²) in [6.45, 7) is 0.749. The highest BCUT2D eigenvalue weighted by Gasteiger charge is 2.53. The Labute approximate surface area is 126 Å². The van der Waals surface area contributed by atoms with Crippen molar-refractivity contribution in [3.05, 3.63) is 28.9 Å². The molecule has 21 heavy (non-hydrogen) atoms. The molecule has 0 saturated heterocycles. The van der Waals surface area contributed by atoms with Gasteiger partial charge in [0.1, 0.15) is 10.7 Å². The van der Waals surface area contributed by atoms with Crippen molar-refractivity contribution < 1.29 is 9.18 Å². The third-order valence-corrected chi connectivity index (χ3v) is 6.02. The standard InChI is InChI=1S/C16H17FN2OS/c17-10-3-4-12-11(7-10)13(18)14(21-12)15(20)19-8-16(5-6-16)9-1-2-9/h3-4,7,9H,1-2,5-6,8,18H2,(H,19,20). The van der Waals surface area contributed by atoms with Gasteiger partial charge in [0, 0.05) is 16.6 Å². The van der Waals surface area contributed by atoms with Crippen LogP contribution in [0.15, 0.2) is 18.2 Å². The summed E-state index contributed by atoms with van der Waals surface area (Å²) in [6.07, 6.45) is 5.07. The lowest BCUT2D eigenvalue weighted by atomic mass is 10.0. The van der Waals surface area contributed by atoms with Gasteiger partial charge in [-0.1, -0.05) is 0 Å². The summed E-state index contributed by atoms with van der Waals surface area (Å²) in [5.74, 6) is 0.359. The van der Waals surface area contributed by atoms with Crippen molar-refractivity contribution in [1.82, 2.24) is 5.32 Å². The molecular formula is C16H17FN2OS. The van der Waals surface area contributed by atoms with Crippen molar-refractivity contribution in [2.24, 2.45) is 11.3 Å². The molecule has 0 spiro atoms. The van der Waals surface area contributed by atoms with Crippen molar-refractivity contribution in [3.63, 3.8) is 0 Å². The number of halogens is 1. The van der Waals surface area contributed by atoms with Gasteiger partial charge < -0.3 is 11.1 Å². The quantitative estimate of drug-likeness (QED) is 0.907. The van der Waals surface area contributed by atoms with Crippen LogP contribution in [0, 0.1) is 17.2 Å². The van der Waals surface area contributed by atoms with Crippen molar-refractivity contribution in [2.75, 3.05) is 12.3 Å². The van der Waals surface area contributed by atoms with Crippen LogP contribution in [0.4, 0.5) is 10.1 Å². The predicted molar refractivity (Wildman–Crippen MR) is 82.9 cm³/mol. The molecule has 0 aliphatic heterocycles. The summed E-state index contributed by atoms with van der Waals surface area (Å²) in [6, 6.07) is 4.46. The minimum absolute atomic E-state index is 0.124. The van der Waals surface area contributed by atoms with Gasteiger partial charge in [-0.3, -0.25) is 4.79 Å². The Morgan fingerprint density at radius 1 is 1.43 bits per heavy atom. The second-order valence-electron chi connectivity index (χ2n) is 6.30. The van der Waals surface area contributed by atoms with Gasteiger partial charge in [-0.25, -0.2) is 4.39 Å². The molecule has 110 valence electrons. The fraction of sp³-hybridized carbons (Fsp3) is 0.438. The molecule has 2 fully saturated rings. The second kappa shape index (κ2) is 4.44. The van der Waals surface area contributed by atoms with E-state index in [9.17, 15) is 9.18 Å². The van der Waals surface area contributed by atoms with Gasteiger partial charge in [0.15, 0.2) is 0 Å². The third kappa shape index (κ3) is 2.20. The molecule has 1 heterocycles. The first-order valence-electron chi connectivity index (χ1n) is 7.35. The third-order valence-electron chi connectivity index (χ3n) is 4.83. The molecule has 1 amide bonds. The first-order valence-corrected chi connectivity index (χ1v) is 8.16. The molecule has 0 atom stereocenters. The predicted octanol–water partition coefficient (Wildman–Crippen LogP) is 3.54. The largest absolute Gasteiger partial charge is 0.397 e. The van der Waals surface area contributed by atoms with E-state index in [0.29, 0.717) is 21.4 Å². The van der Waals surface area contributed by atoms with E-state index >= 15 is 0 Å². The maximum Gasteiger partial charge on any atom is 0.263 e. The van der Waals surface area contributed by atoms with Gasteiger partial charge in [-0.05, 0) is 55.2 Å². The Kier molecular flexibility index (Phi) is 2.76. The van der Waals surface area contributed by atoms with E-state index in [1.807, 2.05) is 0 Å². The highest BCUT2D eigenvalue weighted by atomic mass is 32.1. The Balaban J connectivity index is 1.55. The number of carbonyl (C=O) groups excluding carboxylic acids is 1. The summed E-state index contributed by atoms with van der Waals surface area (Å²) in [7, 11) is 0. The maximum atomic E-state index is 13.3. The molecule has 3 N–H and O–H groups in total. The van der Waals surface area contributed by atoms with Gasteiger partial charge >= 0.3 is 0 Å². The smallest absolute Gasteiger partial charge is 0.263 e. The van der Waals surface area contributed by atoms with Gasteiger partial charge in [-0.15, -0.1) is 11.3 Å². The number of anilines is 1. The number of rotatable bonds is 4. The van der Waals surface area contributed by atoms with Crippen molar-refractivity contribution in [1.29, 1.82) is 0 Å². The van der Waals surface area contributed by atoms with E-state index in [1.165, 1.54) is 49.2 Å². The monoisotopic (exact) mass is 304 g/mol. The number of nitrogens with one attached hydrogen (secondary N) is 1. The summed E-state index contributed by atoms with van der Waals surface area (Å²) in [4.78, 5) is 12.9. The number of hydrogen-bond donors (Lipinski definition) is 2. The van der Waals surface area contributed by atoms with E-state index in [-0.39, 0.29) is 11.7 Å². The summed E-state index contributed by atoms with van der Waals surface area (Å²) >= 11 is 1.33. The zero-order chi connectivity index (χ0) is 14.6. The fourth-order valence-electron chi connectivity index (χ4n) is 3.18. The number of benzene rings is 1. The van der Waals surface area contributed by atoms with Crippen LogP contribution in [0.1, 0.15) is 35.4 Å². The molecule has 0 bridgehead atoms. The number of hydrogen-bond acceptors (Lipinski definition) is 3. The average Bonchev–Trinajstić information content (AvgIpc) is 3.35. The first-order chi connectivity index (χ1) is 10.1. The molecule has 0 radical (unpaired) electrons. The van der Waals surface area contributed by atoms with Crippen molar-refractivity contribution >= 4 is 33.0 Å². The number of fused-ring (bicyclic) bond motifs is 1. The highest BCUT2D eigenvalue weighted by Crippen LogP contribution is 2.60. The van der Waals surface area contributed by atoms with Gasteiger partial charge in [0.2, 0.25) is 0 Å². The zero-order valence-corrected chi connectivity index (χ0v) is 12.4. The fourth-order valence-corrected chi connectivity index (χ4v) is 4.20. The van der Waals surface area contributed by atoms with Crippen LogP contribution in [-0.2, 0) is 0 Å². The molecule has 2 aliphatic rings. The van der Waals surface area contributed by atoms with Crippen LogP contribution >= 0.6 is 11.3 Å². The lowest BCUT2D eigenvalue weighted by molar-refractivity contribution is 0.0947.